The van der Waals surface area contributed by atoms with Crippen LogP contribution in [0.25, 0.3) is 0 Å². The minimum absolute atomic E-state index is 0.0681. The number of amides is 1. The molecule has 4 nitrogen and oxygen atoms in total. The summed E-state index contributed by atoms with van der Waals surface area (Å²) in [5.41, 5.74) is 5.77. The van der Waals surface area contributed by atoms with Crippen LogP contribution >= 0.6 is 0 Å². The summed E-state index contributed by atoms with van der Waals surface area (Å²) < 4.78 is 0. The zero-order valence-electron chi connectivity index (χ0n) is 19.3. The highest BCUT2D eigenvalue weighted by molar-refractivity contribution is 5.95. The van der Waals surface area contributed by atoms with Gasteiger partial charge < -0.3 is 5.32 Å². The smallest absolute Gasteiger partial charge is 0.241 e. The number of piperazine rings is 1. The molecule has 0 bridgehead atoms. The van der Waals surface area contributed by atoms with E-state index in [0.717, 1.165) is 43.0 Å². The fourth-order valence-electron chi connectivity index (χ4n) is 4.67. The van der Waals surface area contributed by atoms with E-state index in [-0.39, 0.29) is 18.0 Å². The van der Waals surface area contributed by atoms with Crippen molar-refractivity contribution >= 4 is 11.6 Å². The van der Waals surface area contributed by atoms with E-state index >= 15 is 0 Å². The molecule has 0 radical (unpaired) electrons. The summed E-state index contributed by atoms with van der Waals surface area (Å²) in [6, 6.07) is 27.6. The monoisotopic (exact) mass is 427 g/mol. The summed E-state index contributed by atoms with van der Waals surface area (Å²) in [6.07, 6.45) is 0. The van der Waals surface area contributed by atoms with Crippen LogP contribution in [0.15, 0.2) is 78.9 Å². The molecule has 1 fully saturated rings. The van der Waals surface area contributed by atoms with Gasteiger partial charge in [0, 0.05) is 31.9 Å². The molecular formula is C28H33N3O. The molecule has 4 rings (SSSR count). The average molecular weight is 428 g/mol. The van der Waals surface area contributed by atoms with Gasteiger partial charge in [-0.3, -0.25) is 14.6 Å². The fourth-order valence-corrected chi connectivity index (χ4v) is 4.67. The molecule has 1 aliphatic rings. The van der Waals surface area contributed by atoms with Crippen LogP contribution in [0.1, 0.15) is 35.2 Å². The first kappa shape index (κ1) is 22.3. The molecule has 32 heavy (non-hydrogen) atoms. The third-order valence-corrected chi connectivity index (χ3v) is 6.60. The lowest BCUT2D eigenvalue weighted by molar-refractivity contribution is -0.121. The zero-order valence-corrected chi connectivity index (χ0v) is 19.3. The van der Waals surface area contributed by atoms with Crippen molar-refractivity contribution in [1.29, 1.82) is 0 Å². The van der Waals surface area contributed by atoms with Crippen molar-refractivity contribution < 1.29 is 4.79 Å². The van der Waals surface area contributed by atoms with Crippen LogP contribution in [-0.4, -0.2) is 47.9 Å². The Morgan fingerprint density at radius 1 is 0.719 bits per heavy atom. The number of anilines is 1. The maximum absolute atomic E-state index is 13.0. The first-order valence-corrected chi connectivity index (χ1v) is 11.5. The van der Waals surface area contributed by atoms with E-state index in [4.69, 9.17) is 0 Å². The Morgan fingerprint density at radius 2 is 1.19 bits per heavy atom. The van der Waals surface area contributed by atoms with Gasteiger partial charge in [0.25, 0.3) is 0 Å². The van der Waals surface area contributed by atoms with Gasteiger partial charge in [-0.2, -0.15) is 0 Å². The lowest BCUT2D eigenvalue weighted by atomic mass is 9.96. The topological polar surface area (TPSA) is 35.6 Å². The molecule has 1 N–H and O–H groups in total. The summed E-state index contributed by atoms with van der Waals surface area (Å²) in [7, 11) is 0. The minimum atomic E-state index is -0.164. The number of nitrogens with zero attached hydrogens (tertiary/aromatic N) is 2. The van der Waals surface area contributed by atoms with Crippen molar-refractivity contribution in [2.45, 2.75) is 32.9 Å². The van der Waals surface area contributed by atoms with Gasteiger partial charge >= 0.3 is 0 Å². The number of nitrogens with one attached hydrogen (secondary N) is 1. The van der Waals surface area contributed by atoms with Gasteiger partial charge in [-0.05, 0) is 43.0 Å². The standard InChI is InChI=1S/C28H33N3O/c1-21-11-10-12-22(2)26(21)29-28(32)23(3)30-17-19-31(20-18-30)27(24-13-6-4-7-14-24)25-15-8-5-9-16-25/h4-16,23,27H,17-20H2,1-3H3,(H,29,32). The minimum Gasteiger partial charge on any atom is -0.324 e. The van der Waals surface area contributed by atoms with Crippen LogP contribution in [-0.2, 0) is 4.79 Å². The number of rotatable bonds is 6. The third-order valence-electron chi connectivity index (χ3n) is 6.60. The molecule has 1 unspecified atom stereocenters. The summed E-state index contributed by atoms with van der Waals surface area (Å²) in [4.78, 5) is 17.8. The molecule has 1 heterocycles. The Kier molecular flexibility index (Phi) is 7.03. The number of hydrogen-bond acceptors (Lipinski definition) is 3. The van der Waals surface area contributed by atoms with Crippen LogP contribution < -0.4 is 5.32 Å². The van der Waals surface area contributed by atoms with Gasteiger partial charge in [0.2, 0.25) is 5.91 Å². The molecule has 1 saturated heterocycles. The molecule has 0 spiro atoms. The number of benzene rings is 3. The quantitative estimate of drug-likeness (QED) is 0.599. The Labute approximate surface area is 191 Å². The Balaban J connectivity index is 1.44. The number of hydrogen-bond donors (Lipinski definition) is 1. The number of carbonyl (C=O) groups excluding carboxylic acids is 1. The molecule has 3 aromatic carbocycles. The lowest BCUT2D eigenvalue weighted by Crippen LogP contribution is -2.53. The fraction of sp³-hybridized carbons (Fsp3) is 0.321. The van der Waals surface area contributed by atoms with Crippen LogP contribution in [0.4, 0.5) is 5.69 Å². The van der Waals surface area contributed by atoms with Gasteiger partial charge in [-0.15, -0.1) is 0 Å². The van der Waals surface area contributed by atoms with E-state index < -0.39 is 0 Å². The Morgan fingerprint density at radius 3 is 1.69 bits per heavy atom. The number of carbonyl (C=O) groups is 1. The van der Waals surface area contributed by atoms with Crippen LogP contribution in [0, 0.1) is 13.8 Å². The van der Waals surface area contributed by atoms with E-state index in [9.17, 15) is 4.79 Å². The molecule has 0 aromatic heterocycles. The van der Waals surface area contributed by atoms with Crippen LogP contribution in [0.2, 0.25) is 0 Å². The highest BCUT2D eigenvalue weighted by Crippen LogP contribution is 2.30. The lowest BCUT2D eigenvalue weighted by Gasteiger charge is -2.41. The van der Waals surface area contributed by atoms with Crippen molar-refractivity contribution in [3.05, 3.63) is 101 Å². The molecule has 1 atom stereocenters. The van der Waals surface area contributed by atoms with Crippen molar-refractivity contribution in [2.75, 3.05) is 31.5 Å². The van der Waals surface area contributed by atoms with Gasteiger partial charge in [0.15, 0.2) is 0 Å². The van der Waals surface area contributed by atoms with E-state index in [1.165, 1.54) is 11.1 Å². The first-order valence-electron chi connectivity index (χ1n) is 11.5. The third kappa shape index (κ3) is 4.93. The molecule has 1 amide bonds. The predicted octanol–water partition coefficient (Wildman–Crippen LogP) is 5.04. The molecule has 4 heteroatoms. The summed E-state index contributed by atoms with van der Waals surface area (Å²) in [5, 5.41) is 3.17. The second kappa shape index (κ2) is 10.1. The number of aryl methyl sites for hydroxylation is 2. The molecule has 0 aliphatic carbocycles. The molecule has 166 valence electrons. The zero-order chi connectivity index (χ0) is 22.5. The van der Waals surface area contributed by atoms with Crippen molar-refractivity contribution in [2.24, 2.45) is 0 Å². The van der Waals surface area contributed by atoms with E-state index in [1.54, 1.807) is 0 Å². The summed E-state index contributed by atoms with van der Waals surface area (Å²) >= 11 is 0. The predicted molar refractivity (Wildman–Crippen MR) is 132 cm³/mol. The first-order chi connectivity index (χ1) is 15.5. The highest BCUT2D eigenvalue weighted by Gasteiger charge is 2.30. The SMILES string of the molecule is Cc1cccc(C)c1NC(=O)C(C)N1CCN(C(c2ccccc2)c2ccccc2)CC1. The van der Waals surface area contributed by atoms with Crippen molar-refractivity contribution in [3.8, 4) is 0 Å². The molecule has 3 aromatic rings. The van der Waals surface area contributed by atoms with E-state index in [1.807, 2.05) is 39.0 Å². The Bertz CT molecular complexity index is 967. The van der Waals surface area contributed by atoms with Crippen LogP contribution in [0.3, 0.4) is 0 Å². The van der Waals surface area contributed by atoms with Crippen LogP contribution in [0.5, 0.6) is 0 Å². The van der Waals surface area contributed by atoms with Crippen molar-refractivity contribution in [3.63, 3.8) is 0 Å². The largest absolute Gasteiger partial charge is 0.324 e. The number of para-hydroxylation sites is 1. The van der Waals surface area contributed by atoms with E-state index in [2.05, 4.69) is 75.8 Å². The second-order valence-corrected chi connectivity index (χ2v) is 8.73. The van der Waals surface area contributed by atoms with E-state index in [0.29, 0.717) is 0 Å². The van der Waals surface area contributed by atoms with Crippen molar-refractivity contribution in [1.82, 2.24) is 9.80 Å². The normalized spacial score (nSPS) is 16.1. The Hall–Kier alpha value is -2.95. The molecule has 0 saturated carbocycles. The maximum atomic E-state index is 13.0. The second-order valence-electron chi connectivity index (χ2n) is 8.73. The molecular weight excluding hydrogens is 394 g/mol. The average Bonchev–Trinajstić information content (AvgIpc) is 2.83. The summed E-state index contributed by atoms with van der Waals surface area (Å²) in [6.45, 7) is 9.70. The van der Waals surface area contributed by atoms with Gasteiger partial charge in [-0.25, -0.2) is 0 Å². The van der Waals surface area contributed by atoms with Gasteiger partial charge in [0.05, 0.1) is 12.1 Å². The van der Waals surface area contributed by atoms with Gasteiger partial charge in [0.1, 0.15) is 0 Å². The molecule has 1 aliphatic heterocycles. The summed E-state index contributed by atoms with van der Waals surface area (Å²) in [5.74, 6) is 0.0681. The highest BCUT2D eigenvalue weighted by atomic mass is 16.2. The maximum Gasteiger partial charge on any atom is 0.241 e. The van der Waals surface area contributed by atoms with Gasteiger partial charge in [-0.1, -0.05) is 78.9 Å².